The van der Waals surface area contributed by atoms with Crippen molar-refractivity contribution in [2.24, 2.45) is 0 Å². The predicted molar refractivity (Wildman–Crippen MR) is 76.4 cm³/mol. The molecule has 1 aliphatic carbocycles. The summed E-state index contributed by atoms with van der Waals surface area (Å²) in [4.78, 5) is 11.3. The van der Waals surface area contributed by atoms with Gasteiger partial charge < -0.3 is 14.4 Å². The number of benzene rings is 1. The van der Waals surface area contributed by atoms with Crippen LogP contribution in [-0.4, -0.2) is 22.8 Å². The van der Waals surface area contributed by atoms with Crippen molar-refractivity contribution in [3.05, 3.63) is 41.6 Å². The largest absolute Gasteiger partial charge is 0.497 e. The SMILES string of the molecule is COc1cccc(-c2cc(C(=O)O)c(C)n2C2CC2)c1. The van der Waals surface area contributed by atoms with Gasteiger partial charge in [-0.05, 0) is 38.0 Å². The monoisotopic (exact) mass is 271 g/mol. The van der Waals surface area contributed by atoms with Gasteiger partial charge in [-0.2, -0.15) is 0 Å². The molecule has 104 valence electrons. The second-order valence-corrected chi connectivity index (χ2v) is 5.17. The number of hydrogen-bond donors (Lipinski definition) is 1. The molecule has 2 aromatic rings. The molecule has 0 atom stereocenters. The molecule has 0 saturated heterocycles. The summed E-state index contributed by atoms with van der Waals surface area (Å²) in [5.74, 6) is -0.0911. The van der Waals surface area contributed by atoms with Crippen LogP contribution in [0.3, 0.4) is 0 Å². The molecule has 1 heterocycles. The van der Waals surface area contributed by atoms with Crippen LogP contribution < -0.4 is 4.74 Å². The first-order valence-electron chi connectivity index (χ1n) is 6.71. The van der Waals surface area contributed by atoms with E-state index in [4.69, 9.17) is 4.74 Å². The van der Waals surface area contributed by atoms with Crippen LogP contribution in [0.5, 0.6) is 5.75 Å². The van der Waals surface area contributed by atoms with Crippen LogP contribution in [0, 0.1) is 6.92 Å². The molecule has 0 spiro atoms. The summed E-state index contributed by atoms with van der Waals surface area (Å²) in [5, 5.41) is 9.32. The van der Waals surface area contributed by atoms with E-state index in [1.807, 2.05) is 31.2 Å². The van der Waals surface area contributed by atoms with Crippen molar-refractivity contribution in [1.82, 2.24) is 4.57 Å². The minimum absolute atomic E-state index is 0.384. The van der Waals surface area contributed by atoms with Crippen LogP contribution >= 0.6 is 0 Å². The van der Waals surface area contributed by atoms with Crippen LogP contribution in [0.15, 0.2) is 30.3 Å². The molecule has 0 unspecified atom stereocenters. The van der Waals surface area contributed by atoms with Crippen molar-refractivity contribution in [2.45, 2.75) is 25.8 Å². The molecule has 1 N–H and O–H groups in total. The fraction of sp³-hybridized carbons (Fsp3) is 0.312. The zero-order valence-corrected chi connectivity index (χ0v) is 11.6. The Labute approximate surface area is 117 Å². The van der Waals surface area contributed by atoms with Gasteiger partial charge in [0.05, 0.1) is 12.7 Å². The molecule has 1 aromatic heterocycles. The first-order chi connectivity index (χ1) is 9.61. The lowest BCUT2D eigenvalue weighted by atomic mass is 10.1. The third-order valence-corrected chi connectivity index (χ3v) is 3.80. The molecule has 1 saturated carbocycles. The molecular formula is C16H17NO3. The maximum Gasteiger partial charge on any atom is 0.337 e. The summed E-state index contributed by atoms with van der Waals surface area (Å²) in [7, 11) is 1.63. The van der Waals surface area contributed by atoms with Gasteiger partial charge in [0, 0.05) is 23.0 Å². The van der Waals surface area contributed by atoms with Gasteiger partial charge in [-0.3, -0.25) is 0 Å². The van der Waals surface area contributed by atoms with Gasteiger partial charge in [0.1, 0.15) is 5.75 Å². The fourth-order valence-electron chi connectivity index (χ4n) is 2.65. The second-order valence-electron chi connectivity index (χ2n) is 5.17. The maximum atomic E-state index is 11.3. The number of carboxylic acids is 1. The van der Waals surface area contributed by atoms with E-state index in [2.05, 4.69) is 4.57 Å². The van der Waals surface area contributed by atoms with Gasteiger partial charge in [-0.15, -0.1) is 0 Å². The first-order valence-corrected chi connectivity index (χ1v) is 6.71. The highest BCUT2D eigenvalue weighted by Gasteiger charge is 2.30. The van der Waals surface area contributed by atoms with E-state index < -0.39 is 5.97 Å². The average Bonchev–Trinajstić information content (AvgIpc) is 3.22. The third kappa shape index (κ3) is 2.07. The maximum absolute atomic E-state index is 11.3. The molecule has 0 bridgehead atoms. The minimum Gasteiger partial charge on any atom is -0.497 e. The Morgan fingerprint density at radius 3 is 2.70 bits per heavy atom. The van der Waals surface area contributed by atoms with Crippen molar-refractivity contribution in [3.63, 3.8) is 0 Å². The van der Waals surface area contributed by atoms with E-state index in [9.17, 15) is 9.90 Å². The van der Waals surface area contributed by atoms with Crippen LogP contribution in [0.1, 0.15) is 34.9 Å². The van der Waals surface area contributed by atoms with Crippen LogP contribution in [0.25, 0.3) is 11.3 Å². The normalized spacial score (nSPS) is 14.3. The lowest BCUT2D eigenvalue weighted by molar-refractivity contribution is 0.0696. The Balaban J connectivity index is 2.16. The highest BCUT2D eigenvalue weighted by molar-refractivity contribution is 5.91. The molecule has 4 heteroatoms. The van der Waals surface area contributed by atoms with Gasteiger partial charge in [0.2, 0.25) is 0 Å². The topological polar surface area (TPSA) is 51.5 Å². The summed E-state index contributed by atoms with van der Waals surface area (Å²) in [5.41, 5.74) is 3.17. The molecule has 0 radical (unpaired) electrons. The van der Waals surface area contributed by atoms with Crippen LogP contribution in [-0.2, 0) is 0 Å². The summed E-state index contributed by atoms with van der Waals surface area (Å²) < 4.78 is 7.40. The summed E-state index contributed by atoms with van der Waals surface area (Å²) >= 11 is 0. The summed E-state index contributed by atoms with van der Waals surface area (Å²) in [6.45, 7) is 1.88. The number of rotatable bonds is 4. The number of methoxy groups -OCH3 is 1. The predicted octanol–water partition coefficient (Wildman–Crippen LogP) is 3.51. The number of hydrogen-bond acceptors (Lipinski definition) is 2. The molecular weight excluding hydrogens is 254 g/mol. The van der Waals surface area contributed by atoms with Crippen molar-refractivity contribution in [2.75, 3.05) is 7.11 Å². The number of aromatic nitrogens is 1. The minimum atomic E-state index is -0.869. The lowest BCUT2D eigenvalue weighted by Gasteiger charge is -2.11. The molecule has 1 aromatic carbocycles. The Morgan fingerprint density at radius 2 is 2.10 bits per heavy atom. The molecule has 3 rings (SSSR count). The van der Waals surface area contributed by atoms with Crippen LogP contribution in [0.2, 0.25) is 0 Å². The summed E-state index contributed by atoms with van der Waals surface area (Å²) in [6.07, 6.45) is 2.23. The highest BCUT2D eigenvalue weighted by atomic mass is 16.5. The molecule has 1 fully saturated rings. The van der Waals surface area contributed by atoms with Gasteiger partial charge in [0.25, 0.3) is 0 Å². The fourth-order valence-corrected chi connectivity index (χ4v) is 2.65. The molecule has 4 nitrogen and oxygen atoms in total. The van der Waals surface area contributed by atoms with Gasteiger partial charge >= 0.3 is 5.97 Å². The quantitative estimate of drug-likeness (QED) is 0.925. The van der Waals surface area contributed by atoms with E-state index >= 15 is 0 Å². The van der Waals surface area contributed by atoms with E-state index in [1.54, 1.807) is 13.2 Å². The molecule has 0 amide bonds. The van der Waals surface area contributed by atoms with E-state index in [1.165, 1.54) is 0 Å². The third-order valence-electron chi connectivity index (χ3n) is 3.80. The zero-order valence-electron chi connectivity index (χ0n) is 11.6. The Bertz CT molecular complexity index is 668. The first kappa shape index (κ1) is 12.8. The number of nitrogens with zero attached hydrogens (tertiary/aromatic N) is 1. The van der Waals surface area contributed by atoms with Gasteiger partial charge in [-0.25, -0.2) is 4.79 Å². The van der Waals surface area contributed by atoms with E-state index in [0.29, 0.717) is 11.6 Å². The standard InChI is InChI=1S/C16H17NO3/c1-10-14(16(18)19)9-15(17(10)12-6-7-12)11-4-3-5-13(8-11)20-2/h3-5,8-9,12H,6-7H2,1-2H3,(H,18,19). The Morgan fingerprint density at radius 1 is 1.35 bits per heavy atom. The Kier molecular flexibility index (Phi) is 3.01. The highest BCUT2D eigenvalue weighted by Crippen LogP contribution is 2.41. The molecule has 20 heavy (non-hydrogen) atoms. The van der Waals surface area contributed by atoms with Gasteiger partial charge in [-0.1, -0.05) is 12.1 Å². The number of aromatic carboxylic acids is 1. The summed E-state index contributed by atoms with van der Waals surface area (Å²) in [6, 6.07) is 9.95. The van der Waals surface area contributed by atoms with Crippen molar-refractivity contribution in [1.29, 1.82) is 0 Å². The van der Waals surface area contributed by atoms with Crippen molar-refractivity contribution in [3.8, 4) is 17.0 Å². The Hall–Kier alpha value is -2.23. The second kappa shape index (κ2) is 4.71. The zero-order chi connectivity index (χ0) is 14.3. The lowest BCUT2D eigenvalue weighted by Crippen LogP contribution is -2.02. The number of carbonyl (C=O) groups is 1. The number of ether oxygens (including phenoxy) is 1. The van der Waals surface area contributed by atoms with Gasteiger partial charge in [0.15, 0.2) is 0 Å². The average molecular weight is 271 g/mol. The molecule has 1 aliphatic rings. The smallest absolute Gasteiger partial charge is 0.337 e. The van der Waals surface area contributed by atoms with E-state index in [0.717, 1.165) is 35.5 Å². The molecule has 0 aliphatic heterocycles. The van der Waals surface area contributed by atoms with Crippen molar-refractivity contribution >= 4 is 5.97 Å². The van der Waals surface area contributed by atoms with Crippen LogP contribution in [0.4, 0.5) is 0 Å². The van der Waals surface area contributed by atoms with Crippen molar-refractivity contribution < 1.29 is 14.6 Å². The van der Waals surface area contributed by atoms with E-state index in [-0.39, 0.29) is 0 Å². The number of carboxylic acid groups (broad SMARTS) is 1.